The van der Waals surface area contributed by atoms with E-state index in [4.69, 9.17) is 21.1 Å². The predicted octanol–water partition coefficient (Wildman–Crippen LogP) is 6.61. The number of allylic oxidation sites excluding steroid dienone is 1. The van der Waals surface area contributed by atoms with Crippen LogP contribution in [-0.2, 0) is 13.2 Å². The van der Waals surface area contributed by atoms with E-state index < -0.39 is 0 Å². The molecule has 1 aliphatic carbocycles. The first-order valence-corrected chi connectivity index (χ1v) is 11.1. The molecule has 0 radical (unpaired) electrons. The van der Waals surface area contributed by atoms with Crippen molar-refractivity contribution in [2.24, 2.45) is 0 Å². The van der Waals surface area contributed by atoms with Crippen LogP contribution in [-0.4, -0.2) is 13.2 Å². The van der Waals surface area contributed by atoms with Crippen LogP contribution in [0.15, 0.2) is 48.0 Å². The van der Waals surface area contributed by atoms with Gasteiger partial charge in [0.25, 0.3) is 0 Å². The summed E-state index contributed by atoms with van der Waals surface area (Å²) in [6, 6.07) is 12.1. The molecule has 1 aliphatic rings. The molecule has 0 atom stereocenters. The third-order valence-corrected chi connectivity index (χ3v) is 5.73. The van der Waals surface area contributed by atoms with E-state index in [1.54, 1.807) is 5.57 Å². The number of aryl methyl sites for hydroxylation is 1. The first kappa shape index (κ1) is 21.7. The summed E-state index contributed by atoms with van der Waals surface area (Å²) in [4.78, 5) is 0. The number of hydrogen-bond donors (Lipinski definition) is 1. The molecule has 0 amide bonds. The maximum atomic E-state index is 6.56. The van der Waals surface area contributed by atoms with Crippen molar-refractivity contribution in [3.8, 4) is 11.5 Å². The van der Waals surface area contributed by atoms with Gasteiger partial charge < -0.3 is 14.8 Å². The average molecular weight is 414 g/mol. The molecule has 0 saturated carbocycles. The highest BCUT2D eigenvalue weighted by atomic mass is 35.5. The third-order valence-electron chi connectivity index (χ3n) is 5.38. The Morgan fingerprint density at radius 3 is 2.62 bits per heavy atom. The van der Waals surface area contributed by atoms with Crippen LogP contribution in [0.5, 0.6) is 11.5 Å². The lowest BCUT2D eigenvalue weighted by atomic mass is 9.97. The van der Waals surface area contributed by atoms with Crippen molar-refractivity contribution < 1.29 is 9.47 Å². The highest BCUT2D eigenvalue weighted by Gasteiger charge is 2.12. The van der Waals surface area contributed by atoms with E-state index >= 15 is 0 Å². The molecule has 0 heterocycles. The minimum absolute atomic E-state index is 0.496. The van der Waals surface area contributed by atoms with Gasteiger partial charge in [-0.05, 0) is 75.3 Å². The Labute approximate surface area is 180 Å². The summed E-state index contributed by atoms with van der Waals surface area (Å²) >= 11 is 6.56. The standard InChI is InChI=1S/C25H32ClNO2/c1-3-28-24-15-22(17-27-14-13-20-10-5-4-6-11-20)23(26)16-25(24)29-18-21-12-8-7-9-19(21)2/h7-10,12,15-16,27H,3-6,11,13-14,17-18H2,1-2H3. The quantitative estimate of drug-likeness (QED) is 0.351. The van der Waals surface area contributed by atoms with Crippen LogP contribution >= 0.6 is 11.6 Å². The lowest BCUT2D eigenvalue weighted by Crippen LogP contribution is -2.16. The van der Waals surface area contributed by atoms with Crippen LogP contribution < -0.4 is 14.8 Å². The molecule has 0 bridgehead atoms. The summed E-state index contributed by atoms with van der Waals surface area (Å²) in [5.74, 6) is 1.44. The molecule has 1 N–H and O–H groups in total. The smallest absolute Gasteiger partial charge is 0.163 e. The van der Waals surface area contributed by atoms with Crippen molar-refractivity contribution >= 4 is 11.6 Å². The molecule has 0 fully saturated rings. The maximum absolute atomic E-state index is 6.56. The Kier molecular flexibility index (Phi) is 8.45. The average Bonchev–Trinajstić information content (AvgIpc) is 2.74. The Morgan fingerprint density at radius 1 is 1.03 bits per heavy atom. The van der Waals surface area contributed by atoms with Gasteiger partial charge in [0.05, 0.1) is 6.61 Å². The van der Waals surface area contributed by atoms with Gasteiger partial charge in [0.15, 0.2) is 11.5 Å². The van der Waals surface area contributed by atoms with Gasteiger partial charge >= 0.3 is 0 Å². The van der Waals surface area contributed by atoms with Crippen LogP contribution in [0.4, 0.5) is 0 Å². The zero-order valence-electron chi connectivity index (χ0n) is 17.6. The van der Waals surface area contributed by atoms with Crippen molar-refractivity contribution in [2.45, 2.75) is 59.1 Å². The summed E-state index contributed by atoms with van der Waals surface area (Å²) in [5, 5.41) is 4.23. The fourth-order valence-electron chi connectivity index (χ4n) is 3.63. The zero-order valence-corrected chi connectivity index (χ0v) is 18.4. The SMILES string of the molecule is CCOc1cc(CNCCC2=CCCCC2)c(Cl)cc1OCc1ccccc1C. The number of hydrogen-bond acceptors (Lipinski definition) is 3. The van der Waals surface area contributed by atoms with E-state index in [9.17, 15) is 0 Å². The van der Waals surface area contributed by atoms with Crippen molar-refractivity contribution in [3.63, 3.8) is 0 Å². The lowest BCUT2D eigenvalue weighted by molar-refractivity contribution is 0.268. The first-order chi connectivity index (χ1) is 14.2. The highest BCUT2D eigenvalue weighted by Crippen LogP contribution is 2.34. The maximum Gasteiger partial charge on any atom is 0.163 e. The van der Waals surface area contributed by atoms with Crippen LogP contribution in [0.25, 0.3) is 0 Å². The van der Waals surface area contributed by atoms with Crippen LogP contribution in [0.2, 0.25) is 5.02 Å². The molecule has 156 valence electrons. The number of halogens is 1. The number of rotatable bonds is 10. The molecule has 2 aromatic rings. The fourth-order valence-corrected chi connectivity index (χ4v) is 3.85. The molecule has 3 rings (SSSR count). The molecule has 0 unspecified atom stereocenters. The van der Waals surface area contributed by atoms with E-state index in [0.29, 0.717) is 24.0 Å². The summed E-state index contributed by atoms with van der Waals surface area (Å²) in [6.07, 6.45) is 8.69. The molecular weight excluding hydrogens is 382 g/mol. The molecule has 2 aromatic carbocycles. The second kappa shape index (κ2) is 11.3. The molecule has 3 nitrogen and oxygen atoms in total. The minimum atomic E-state index is 0.496. The number of ether oxygens (including phenoxy) is 2. The van der Waals surface area contributed by atoms with E-state index in [1.807, 2.05) is 31.2 Å². The first-order valence-electron chi connectivity index (χ1n) is 10.7. The van der Waals surface area contributed by atoms with Crippen LogP contribution in [0.3, 0.4) is 0 Å². The monoisotopic (exact) mass is 413 g/mol. The zero-order chi connectivity index (χ0) is 20.5. The predicted molar refractivity (Wildman–Crippen MR) is 121 cm³/mol. The van der Waals surface area contributed by atoms with Gasteiger partial charge in [-0.25, -0.2) is 0 Å². The topological polar surface area (TPSA) is 30.5 Å². The largest absolute Gasteiger partial charge is 0.490 e. The Hall–Kier alpha value is -1.97. The van der Waals surface area contributed by atoms with Gasteiger partial charge in [0, 0.05) is 17.6 Å². The lowest BCUT2D eigenvalue weighted by Gasteiger charge is -2.16. The fraction of sp³-hybridized carbons (Fsp3) is 0.440. The Balaban J connectivity index is 1.60. The molecular formula is C25H32ClNO2. The molecule has 0 spiro atoms. The van der Waals surface area contributed by atoms with Crippen molar-refractivity contribution in [1.29, 1.82) is 0 Å². The van der Waals surface area contributed by atoms with E-state index in [0.717, 1.165) is 36.4 Å². The van der Waals surface area contributed by atoms with Gasteiger partial charge in [-0.3, -0.25) is 0 Å². The van der Waals surface area contributed by atoms with E-state index in [2.05, 4.69) is 30.4 Å². The summed E-state index contributed by atoms with van der Waals surface area (Å²) < 4.78 is 11.9. The Morgan fingerprint density at radius 2 is 1.86 bits per heavy atom. The van der Waals surface area contributed by atoms with Crippen molar-refractivity contribution in [3.05, 3.63) is 69.8 Å². The van der Waals surface area contributed by atoms with E-state index in [-0.39, 0.29) is 0 Å². The van der Waals surface area contributed by atoms with Gasteiger partial charge in [0.1, 0.15) is 6.61 Å². The van der Waals surface area contributed by atoms with Gasteiger partial charge in [0.2, 0.25) is 0 Å². The van der Waals surface area contributed by atoms with Crippen molar-refractivity contribution in [1.82, 2.24) is 5.32 Å². The third kappa shape index (κ3) is 6.52. The molecule has 0 aromatic heterocycles. The van der Waals surface area contributed by atoms with Gasteiger partial charge in [-0.15, -0.1) is 0 Å². The van der Waals surface area contributed by atoms with Gasteiger partial charge in [-0.2, -0.15) is 0 Å². The summed E-state index contributed by atoms with van der Waals surface area (Å²) in [7, 11) is 0. The minimum Gasteiger partial charge on any atom is -0.490 e. The molecule has 0 aliphatic heterocycles. The van der Waals surface area contributed by atoms with E-state index in [1.165, 1.54) is 31.2 Å². The summed E-state index contributed by atoms with van der Waals surface area (Å²) in [6.45, 7) is 6.85. The second-order valence-electron chi connectivity index (χ2n) is 7.57. The highest BCUT2D eigenvalue weighted by molar-refractivity contribution is 6.31. The number of benzene rings is 2. The van der Waals surface area contributed by atoms with Crippen LogP contribution in [0.1, 0.15) is 55.7 Å². The van der Waals surface area contributed by atoms with Crippen LogP contribution in [0, 0.1) is 6.92 Å². The normalized spacial score (nSPS) is 13.8. The second-order valence-corrected chi connectivity index (χ2v) is 7.98. The molecule has 4 heteroatoms. The Bertz CT molecular complexity index is 832. The molecule has 0 saturated heterocycles. The molecule has 29 heavy (non-hydrogen) atoms. The summed E-state index contributed by atoms with van der Waals surface area (Å²) in [5.41, 5.74) is 5.00. The van der Waals surface area contributed by atoms with Crippen molar-refractivity contribution in [2.75, 3.05) is 13.2 Å². The number of nitrogens with one attached hydrogen (secondary N) is 1. The van der Waals surface area contributed by atoms with Gasteiger partial charge in [-0.1, -0.05) is 47.5 Å².